The quantitative estimate of drug-likeness (QED) is 0.902. The van der Waals surface area contributed by atoms with Crippen molar-refractivity contribution in [1.82, 2.24) is 4.90 Å². The number of fused-ring (bicyclic) bond motifs is 1. The Morgan fingerprint density at radius 1 is 1.30 bits per heavy atom. The molecule has 4 nitrogen and oxygen atoms in total. The third kappa shape index (κ3) is 2.49. The molecule has 0 aromatic heterocycles. The SMILES string of the molecule is CN(Cc1cccc2c1CCOC2)C1(CO)CCOC1. The fourth-order valence-electron chi connectivity index (χ4n) is 3.21. The van der Waals surface area contributed by atoms with Crippen LogP contribution in [0, 0.1) is 0 Å². The van der Waals surface area contributed by atoms with Crippen LogP contribution in [0.1, 0.15) is 23.1 Å². The van der Waals surface area contributed by atoms with Crippen molar-refractivity contribution >= 4 is 0 Å². The molecule has 0 saturated carbocycles. The van der Waals surface area contributed by atoms with Crippen molar-refractivity contribution in [2.75, 3.05) is 33.5 Å². The Morgan fingerprint density at radius 3 is 2.95 bits per heavy atom. The van der Waals surface area contributed by atoms with E-state index >= 15 is 0 Å². The lowest BCUT2D eigenvalue weighted by Crippen LogP contribution is -2.49. The van der Waals surface area contributed by atoms with Gasteiger partial charge in [0, 0.05) is 13.2 Å². The van der Waals surface area contributed by atoms with E-state index in [1.54, 1.807) is 0 Å². The van der Waals surface area contributed by atoms with Gasteiger partial charge in [-0.2, -0.15) is 0 Å². The van der Waals surface area contributed by atoms with Gasteiger partial charge in [0.25, 0.3) is 0 Å². The van der Waals surface area contributed by atoms with Crippen molar-refractivity contribution in [3.05, 3.63) is 34.9 Å². The third-order valence-corrected chi connectivity index (χ3v) is 4.72. The zero-order valence-electron chi connectivity index (χ0n) is 12.1. The summed E-state index contributed by atoms with van der Waals surface area (Å²) in [5, 5.41) is 9.76. The molecule has 0 aliphatic carbocycles. The highest BCUT2D eigenvalue weighted by Gasteiger charge is 2.38. The lowest BCUT2D eigenvalue weighted by atomic mass is 9.93. The van der Waals surface area contributed by atoms with E-state index in [2.05, 4.69) is 30.1 Å². The number of benzene rings is 1. The van der Waals surface area contributed by atoms with Gasteiger partial charge >= 0.3 is 0 Å². The molecular weight excluding hydrogens is 254 g/mol. The van der Waals surface area contributed by atoms with Crippen molar-refractivity contribution in [3.8, 4) is 0 Å². The van der Waals surface area contributed by atoms with Crippen LogP contribution in [0.25, 0.3) is 0 Å². The van der Waals surface area contributed by atoms with Crippen LogP contribution in [-0.2, 0) is 29.0 Å². The maximum atomic E-state index is 9.76. The molecule has 2 heterocycles. The van der Waals surface area contributed by atoms with Gasteiger partial charge in [0.15, 0.2) is 0 Å². The molecule has 1 saturated heterocycles. The number of hydrogen-bond donors (Lipinski definition) is 1. The Labute approximate surface area is 120 Å². The molecule has 1 unspecified atom stereocenters. The molecule has 0 amide bonds. The summed E-state index contributed by atoms with van der Waals surface area (Å²) in [4.78, 5) is 2.26. The molecule has 1 aromatic carbocycles. The number of aliphatic hydroxyl groups excluding tert-OH is 1. The number of nitrogens with zero attached hydrogens (tertiary/aromatic N) is 1. The molecule has 1 N–H and O–H groups in total. The van der Waals surface area contributed by atoms with Gasteiger partial charge in [-0.15, -0.1) is 0 Å². The lowest BCUT2D eigenvalue weighted by molar-refractivity contribution is 0.0310. The van der Waals surface area contributed by atoms with E-state index in [1.165, 1.54) is 16.7 Å². The first-order valence-corrected chi connectivity index (χ1v) is 7.32. The van der Waals surface area contributed by atoms with E-state index in [1.807, 2.05) is 0 Å². The number of ether oxygens (including phenoxy) is 2. The fourth-order valence-corrected chi connectivity index (χ4v) is 3.21. The molecule has 110 valence electrons. The largest absolute Gasteiger partial charge is 0.394 e. The average molecular weight is 277 g/mol. The maximum absolute atomic E-state index is 9.76. The van der Waals surface area contributed by atoms with E-state index in [9.17, 15) is 5.11 Å². The number of hydrogen-bond acceptors (Lipinski definition) is 4. The first-order chi connectivity index (χ1) is 9.75. The standard InChI is InChI=1S/C16H23NO3/c1-17(16(11-18)6-8-20-12-16)9-13-3-2-4-14-10-19-7-5-15(13)14/h2-4,18H,5-12H2,1H3. The third-order valence-electron chi connectivity index (χ3n) is 4.72. The zero-order chi connectivity index (χ0) is 14.0. The van der Waals surface area contributed by atoms with Crippen LogP contribution in [0.4, 0.5) is 0 Å². The summed E-state index contributed by atoms with van der Waals surface area (Å²) in [5.41, 5.74) is 3.88. The molecule has 2 aliphatic rings. The van der Waals surface area contributed by atoms with Crippen LogP contribution in [0.3, 0.4) is 0 Å². The summed E-state index contributed by atoms with van der Waals surface area (Å²) < 4.78 is 11.0. The van der Waals surface area contributed by atoms with E-state index < -0.39 is 0 Å². The second-order valence-corrected chi connectivity index (χ2v) is 5.90. The number of likely N-dealkylation sites (N-methyl/N-ethyl adjacent to an activating group) is 1. The Kier molecular flexibility index (Phi) is 4.08. The summed E-state index contributed by atoms with van der Waals surface area (Å²) in [5.74, 6) is 0. The van der Waals surface area contributed by atoms with Gasteiger partial charge < -0.3 is 14.6 Å². The lowest BCUT2D eigenvalue weighted by Gasteiger charge is -2.36. The molecule has 2 aliphatic heterocycles. The van der Waals surface area contributed by atoms with Crippen LogP contribution < -0.4 is 0 Å². The Morgan fingerprint density at radius 2 is 2.20 bits per heavy atom. The number of rotatable bonds is 4. The molecule has 3 rings (SSSR count). The maximum Gasteiger partial charge on any atom is 0.0719 e. The van der Waals surface area contributed by atoms with Crippen molar-refractivity contribution in [3.63, 3.8) is 0 Å². The van der Waals surface area contributed by atoms with Crippen LogP contribution in [-0.4, -0.2) is 49.0 Å². The minimum Gasteiger partial charge on any atom is -0.394 e. The van der Waals surface area contributed by atoms with Gasteiger partial charge in [-0.3, -0.25) is 4.90 Å². The normalized spacial score (nSPS) is 25.9. The second kappa shape index (κ2) is 5.82. The van der Waals surface area contributed by atoms with Crippen LogP contribution >= 0.6 is 0 Å². The van der Waals surface area contributed by atoms with Gasteiger partial charge in [-0.1, -0.05) is 18.2 Å². The molecular formula is C16H23NO3. The summed E-state index contributed by atoms with van der Waals surface area (Å²) >= 11 is 0. The summed E-state index contributed by atoms with van der Waals surface area (Å²) in [6.07, 6.45) is 1.89. The molecule has 0 spiro atoms. The fraction of sp³-hybridized carbons (Fsp3) is 0.625. The molecule has 0 bridgehead atoms. The zero-order valence-corrected chi connectivity index (χ0v) is 12.1. The van der Waals surface area contributed by atoms with Gasteiger partial charge in [-0.25, -0.2) is 0 Å². The minimum atomic E-state index is -0.214. The summed E-state index contributed by atoms with van der Waals surface area (Å²) in [6.45, 7) is 3.90. The van der Waals surface area contributed by atoms with E-state index in [-0.39, 0.29) is 12.1 Å². The number of aliphatic hydroxyl groups is 1. The molecule has 20 heavy (non-hydrogen) atoms. The van der Waals surface area contributed by atoms with E-state index in [0.717, 1.165) is 39.2 Å². The Hall–Kier alpha value is -0.940. The first-order valence-electron chi connectivity index (χ1n) is 7.32. The second-order valence-electron chi connectivity index (χ2n) is 5.90. The van der Waals surface area contributed by atoms with Gasteiger partial charge in [0.05, 0.1) is 32.0 Å². The predicted octanol–water partition coefficient (Wildman–Crippen LogP) is 1.34. The predicted molar refractivity (Wildman–Crippen MR) is 76.5 cm³/mol. The molecule has 0 radical (unpaired) electrons. The topological polar surface area (TPSA) is 41.9 Å². The Bertz CT molecular complexity index is 469. The van der Waals surface area contributed by atoms with Crippen LogP contribution in [0.5, 0.6) is 0 Å². The monoisotopic (exact) mass is 277 g/mol. The highest BCUT2D eigenvalue weighted by molar-refractivity contribution is 5.36. The molecule has 1 fully saturated rings. The van der Waals surface area contributed by atoms with Crippen molar-refractivity contribution in [1.29, 1.82) is 0 Å². The highest BCUT2D eigenvalue weighted by Crippen LogP contribution is 2.28. The summed E-state index contributed by atoms with van der Waals surface area (Å²) in [7, 11) is 2.09. The van der Waals surface area contributed by atoms with E-state index in [0.29, 0.717) is 6.61 Å². The molecule has 1 atom stereocenters. The van der Waals surface area contributed by atoms with Gasteiger partial charge in [0.2, 0.25) is 0 Å². The Balaban J connectivity index is 1.80. The van der Waals surface area contributed by atoms with Crippen molar-refractivity contribution < 1.29 is 14.6 Å². The average Bonchev–Trinajstić information content (AvgIpc) is 2.98. The minimum absolute atomic E-state index is 0.154. The smallest absolute Gasteiger partial charge is 0.0719 e. The highest BCUT2D eigenvalue weighted by atomic mass is 16.5. The van der Waals surface area contributed by atoms with Crippen LogP contribution in [0.2, 0.25) is 0 Å². The summed E-state index contributed by atoms with van der Waals surface area (Å²) in [6, 6.07) is 6.45. The van der Waals surface area contributed by atoms with Gasteiger partial charge in [0.1, 0.15) is 0 Å². The molecule has 4 heteroatoms. The first kappa shape index (κ1) is 14.0. The van der Waals surface area contributed by atoms with Crippen molar-refractivity contribution in [2.45, 2.75) is 31.5 Å². The molecule has 1 aromatic rings. The van der Waals surface area contributed by atoms with Crippen LogP contribution in [0.15, 0.2) is 18.2 Å². The van der Waals surface area contributed by atoms with Crippen molar-refractivity contribution in [2.24, 2.45) is 0 Å². The van der Waals surface area contributed by atoms with Gasteiger partial charge in [-0.05, 0) is 36.6 Å². The van der Waals surface area contributed by atoms with E-state index in [4.69, 9.17) is 9.47 Å².